The minimum absolute atomic E-state index is 0.00663. The topological polar surface area (TPSA) is 61.6 Å². The Kier molecular flexibility index (Phi) is 5.97. The van der Waals surface area contributed by atoms with Crippen LogP contribution in [0.25, 0.3) is 0 Å². The number of hydrogen-bond donors (Lipinski definition) is 1. The second-order valence-corrected chi connectivity index (χ2v) is 7.89. The maximum atomic E-state index is 13.5. The highest BCUT2D eigenvalue weighted by atomic mass is 16.3. The van der Waals surface area contributed by atoms with Crippen molar-refractivity contribution in [2.75, 3.05) is 24.7 Å². The van der Waals surface area contributed by atoms with Gasteiger partial charge >= 0.3 is 0 Å². The molecule has 1 aliphatic rings. The highest BCUT2D eigenvalue weighted by Gasteiger charge is 2.27. The molecule has 4 rings (SSSR count). The number of aliphatic hydroxyl groups is 1. The van der Waals surface area contributed by atoms with E-state index >= 15 is 0 Å². The predicted molar refractivity (Wildman–Crippen MR) is 119 cm³/mol. The van der Waals surface area contributed by atoms with E-state index in [2.05, 4.69) is 41.0 Å². The number of nitrogens with zero attached hydrogens (tertiary/aromatic N) is 4. The minimum Gasteiger partial charge on any atom is -0.396 e. The van der Waals surface area contributed by atoms with Crippen LogP contribution >= 0.6 is 0 Å². The first-order chi connectivity index (χ1) is 14.6. The molecule has 1 aromatic heterocycles. The van der Waals surface area contributed by atoms with Crippen molar-refractivity contribution >= 4 is 11.6 Å². The van der Waals surface area contributed by atoms with Crippen molar-refractivity contribution in [1.29, 1.82) is 0 Å². The highest BCUT2D eigenvalue weighted by molar-refractivity contribution is 5.59. The van der Waals surface area contributed by atoms with Gasteiger partial charge in [-0.25, -0.2) is 4.98 Å². The molecule has 156 valence electrons. The Bertz CT molecular complexity index is 1060. The second kappa shape index (κ2) is 8.81. The van der Waals surface area contributed by atoms with Crippen molar-refractivity contribution in [3.8, 4) is 0 Å². The number of aromatic nitrogens is 2. The SMILES string of the molecule is Cc1ccc(N2CN(CCCO)Cn3c2nc(C)c(Cc2ccccc2)c3=O)cc1. The minimum atomic E-state index is 0.00663. The number of anilines is 2. The summed E-state index contributed by atoms with van der Waals surface area (Å²) in [6.45, 7) is 5.94. The van der Waals surface area contributed by atoms with Gasteiger partial charge in [-0.15, -0.1) is 0 Å². The van der Waals surface area contributed by atoms with Crippen LogP contribution in [0.4, 0.5) is 11.6 Å². The third-order valence-electron chi connectivity index (χ3n) is 5.58. The number of aliphatic hydroxyl groups excluding tert-OH is 1. The fourth-order valence-electron chi connectivity index (χ4n) is 3.89. The fraction of sp³-hybridized carbons (Fsp3) is 0.333. The quantitative estimate of drug-likeness (QED) is 0.684. The molecular weight excluding hydrogens is 376 g/mol. The van der Waals surface area contributed by atoms with E-state index in [1.54, 1.807) is 4.57 Å². The van der Waals surface area contributed by atoms with Gasteiger partial charge in [0.25, 0.3) is 5.56 Å². The summed E-state index contributed by atoms with van der Waals surface area (Å²) in [4.78, 5) is 22.6. The summed E-state index contributed by atoms with van der Waals surface area (Å²) in [6, 6.07) is 18.3. The normalized spacial score (nSPS) is 14.0. The number of fused-ring (bicyclic) bond motifs is 1. The van der Waals surface area contributed by atoms with Gasteiger partial charge in [0, 0.05) is 30.8 Å². The zero-order valence-electron chi connectivity index (χ0n) is 17.6. The van der Waals surface area contributed by atoms with Crippen molar-refractivity contribution in [3.63, 3.8) is 0 Å². The van der Waals surface area contributed by atoms with E-state index in [9.17, 15) is 9.90 Å². The number of rotatable bonds is 6. The van der Waals surface area contributed by atoms with E-state index < -0.39 is 0 Å². The standard InChI is InChI=1S/C24H28N4O2/c1-18-9-11-21(12-10-18)27-16-26(13-6-14-29)17-28-23(30)22(19(2)25-24(27)28)15-20-7-4-3-5-8-20/h3-5,7-12,29H,6,13-17H2,1-2H3. The van der Waals surface area contributed by atoms with Crippen LogP contribution in [-0.2, 0) is 13.1 Å². The van der Waals surface area contributed by atoms with Crippen molar-refractivity contribution in [1.82, 2.24) is 14.5 Å². The Labute approximate surface area is 177 Å². The maximum absolute atomic E-state index is 13.5. The van der Waals surface area contributed by atoms with Gasteiger partial charge in [-0.1, -0.05) is 48.0 Å². The van der Waals surface area contributed by atoms with Crippen molar-refractivity contribution in [3.05, 3.63) is 87.3 Å². The Balaban J connectivity index is 1.77. The van der Waals surface area contributed by atoms with Gasteiger partial charge in [0.05, 0.1) is 19.0 Å². The first kappa shape index (κ1) is 20.3. The van der Waals surface area contributed by atoms with Crippen molar-refractivity contribution in [2.45, 2.75) is 33.4 Å². The van der Waals surface area contributed by atoms with Crippen molar-refractivity contribution in [2.24, 2.45) is 0 Å². The Morgan fingerprint density at radius 3 is 2.43 bits per heavy atom. The van der Waals surface area contributed by atoms with Crippen LogP contribution in [0.1, 0.15) is 28.8 Å². The molecule has 0 spiro atoms. The van der Waals surface area contributed by atoms with Crippen LogP contribution in [0.15, 0.2) is 59.4 Å². The Morgan fingerprint density at radius 1 is 1.00 bits per heavy atom. The summed E-state index contributed by atoms with van der Waals surface area (Å²) in [6.07, 6.45) is 1.24. The summed E-state index contributed by atoms with van der Waals surface area (Å²) < 4.78 is 1.77. The Morgan fingerprint density at radius 2 is 1.73 bits per heavy atom. The molecule has 6 heteroatoms. The lowest BCUT2D eigenvalue weighted by molar-refractivity contribution is 0.175. The van der Waals surface area contributed by atoms with Crippen LogP contribution < -0.4 is 10.5 Å². The van der Waals surface area contributed by atoms with E-state index in [-0.39, 0.29) is 12.2 Å². The van der Waals surface area contributed by atoms with Crippen LogP contribution in [0.3, 0.4) is 0 Å². The average molecular weight is 405 g/mol. The molecule has 0 unspecified atom stereocenters. The first-order valence-corrected chi connectivity index (χ1v) is 10.4. The molecule has 0 radical (unpaired) electrons. The Hall–Kier alpha value is -2.96. The van der Waals surface area contributed by atoms with Crippen molar-refractivity contribution < 1.29 is 5.11 Å². The summed E-state index contributed by atoms with van der Waals surface area (Å²) >= 11 is 0. The zero-order valence-corrected chi connectivity index (χ0v) is 17.6. The van der Waals surface area contributed by atoms with Crippen LogP contribution in [0.2, 0.25) is 0 Å². The van der Waals surface area contributed by atoms with Crippen LogP contribution in [0.5, 0.6) is 0 Å². The van der Waals surface area contributed by atoms with Gasteiger partial charge in [-0.3, -0.25) is 19.2 Å². The molecule has 30 heavy (non-hydrogen) atoms. The smallest absolute Gasteiger partial charge is 0.259 e. The van der Waals surface area contributed by atoms with Crippen LogP contribution in [0, 0.1) is 13.8 Å². The molecule has 0 saturated carbocycles. The summed E-state index contributed by atoms with van der Waals surface area (Å²) in [5, 5.41) is 9.28. The fourth-order valence-corrected chi connectivity index (χ4v) is 3.89. The lowest BCUT2D eigenvalue weighted by Gasteiger charge is -2.38. The molecule has 0 bridgehead atoms. The van der Waals surface area contributed by atoms with Gasteiger partial charge in [0.1, 0.15) is 0 Å². The molecule has 2 heterocycles. The molecule has 0 saturated heterocycles. The maximum Gasteiger partial charge on any atom is 0.259 e. The molecule has 0 aliphatic carbocycles. The zero-order chi connectivity index (χ0) is 21.1. The third kappa shape index (κ3) is 4.15. The van der Waals surface area contributed by atoms with E-state index in [1.807, 2.05) is 37.3 Å². The summed E-state index contributed by atoms with van der Waals surface area (Å²) in [5.41, 5.74) is 4.81. The molecule has 1 aliphatic heterocycles. The summed E-state index contributed by atoms with van der Waals surface area (Å²) in [5.74, 6) is 0.679. The molecule has 3 aromatic rings. The number of benzene rings is 2. The van der Waals surface area contributed by atoms with E-state index in [0.29, 0.717) is 38.7 Å². The lowest BCUT2D eigenvalue weighted by Crippen LogP contribution is -2.48. The van der Waals surface area contributed by atoms with Gasteiger partial charge < -0.3 is 5.11 Å². The molecular formula is C24H28N4O2. The van der Waals surface area contributed by atoms with E-state index in [4.69, 9.17) is 4.98 Å². The first-order valence-electron chi connectivity index (χ1n) is 10.4. The average Bonchev–Trinajstić information content (AvgIpc) is 2.76. The van der Waals surface area contributed by atoms with Gasteiger partial charge in [0.15, 0.2) is 0 Å². The van der Waals surface area contributed by atoms with Gasteiger partial charge in [0.2, 0.25) is 5.95 Å². The molecule has 2 aromatic carbocycles. The van der Waals surface area contributed by atoms with Crippen LogP contribution in [-0.4, -0.2) is 39.4 Å². The molecule has 1 N–H and O–H groups in total. The molecule has 6 nitrogen and oxygen atoms in total. The van der Waals surface area contributed by atoms with E-state index in [0.717, 1.165) is 22.5 Å². The number of aryl methyl sites for hydroxylation is 2. The largest absolute Gasteiger partial charge is 0.396 e. The van der Waals surface area contributed by atoms with Gasteiger partial charge in [-0.05, 0) is 38.0 Å². The lowest BCUT2D eigenvalue weighted by atomic mass is 10.1. The van der Waals surface area contributed by atoms with E-state index in [1.165, 1.54) is 5.56 Å². The monoisotopic (exact) mass is 404 g/mol. The second-order valence-electron chi connectivity index (χ2n) is 7.89. The number of hydrogen-bond acceptors (Lipinski definition) is 5. The molecule has 0 amide bonds. The molecule has 0 atom stereocenters. The third-order valence-corrected chi connectivity index (χ3v) is 5.58. The molecule has 0 fully saturated rings. The summed E-state index contributed by atoms with van der Waals surface area (Å²) in [7, 11) is 0. The van der Waals surface area contributed by atoms with Gasteiger partial charge in [-0.2, -0.15) is 0 Å². The highest BCUT2D eigenvalue weighted by Crippen LogP contribution is 2.28. The predicted octanol–water partition coefficient (Wildman–Crippen LogP) is 3.20.